The fourth-order valence-corrected chi connectivity index (χ4v) is 3.57. The molecule has 4 nitrogen and oxygen atoms in total. The van der Waals surface area contributed by atoms with E-state index in [1.165, 1.54) is 18.3 Å². The van der Waals surface area contributed by atoms with Gasteiger partial charge in [0.2, 0.25) is 0 Å². The zero-order valence-corrected chi connectivity index (χ0v) is 18.4. The lowest BCUT2D eigenvalue weighted by Crippen LogP contribution is -2.49. The number of carbonyl (C=O) groups is 1. The van der Waals surface area contributed by atoms with E-state index in [4.69, 9.17) is 16.3 Å². The Morgan fingerprint density at radius 3 is 2.36 bits per heavy atom. The quantitative estimate of drug-likeness (QED) is 0.392. The number of nitrogens with one attached hydrogen (secondary N) is 1. The van der Waals surface area contributed by atoms with Crippen LogP contribution in [0.5, 0.6) is 0 Å². The topological polar surface area (TPSA) is 51.2 Å². The second kappa shape index (κ2) is 10.2. The summed E-state index contributed by atoms with van der Waals surface area (Å²) in [6, 6.07) is 13.9. The second-order valence-corrected chi connectivity index (χ2v) is 7.85. The van der Waals surface area contributed by atoms with Crippen molar-refractivity contribution in [3.8, 4) is 0 Å². The van der Waals surface area contributed by atoms with Crippen LogP contribution in [0.2, 0.25) is 5.02 Å². The van der Waals surface area contributed by atoms with Gasteiger partial charge in [0, 0.05) is 12.6 Å². The van der Waals surface area contributed by atoms with Crippen LogP contribution in [-0.4, -0.2) is 17.7 Å². The van der Waals surface area contributed by atoms with Crippen molar-refractivity contribution in [1.82, 2.24) is 10.3 Å². The fraction of sp³-hybridized carbons (Fsp3) is 0.250. The molecule has 3 aromatic rings. The van der Waals surface area contributed by atoms with Crippen LogP contribution in [0.1, 0.15) is 35.7 Å². The molecule has 0 fully saturated rings. The average molecular weight is 481 g/mol. The third-order valence-corrected chi connectivity index (χ3v) is 5.17. The number of alkyl halides is 3. The third-order valence-electron chi connectivity index (χ3n) is 4.95. The van der Waals surface area contributed by atoms with Crippen LogP contribution >= 0.6 is 11.6 Å². The van der Waals surface area contributed by atoms with Gasteiger partial charge in [0.25, 0.3) is 0 Å². The van der Waals surface area contributed by atoms with E-state index in [0.717, 1.165) is 12.1 Å². The average Bonchev–Trinajstić information content (AvgIpc) is 2.77. The first-order chi connectivity index (χ1) is 15.6. The summed E-state index contributed by atoms with van der Waals surface area (Å²) in [7, 11) is 0. The molecule has 9 heteroatoms. The van der Waals surface area contributed by atoms with Crippen molar-refractivity contribution in [2.45, 2.75) is 31.5 Å². The summed E-state index contributed by atoms with van der Waals surface area (Å²) in [4.78, 5) is 17.0. The minimum absolute atomic E-state index is 0.0234. The van der Waals surface area contributed by atoms with Crippen LogP contribution in [0.4, 0.5) is 22.4 Å². The summed E-state index contributed by atoms with van der Waals surface area (Å²) in [5, 5.41) is 2.96. The maximum atomic E-state index is 14.5. The molecule has 174 valence electrons. The predicted molar refractivity (Wildman–Crippen MR) is 116 cm³/mol. The van der Waals surface area contributed by atoms with Crippen LogP contribution in [0.15, 0.2) is 66.9 Å². The SMILES string of the molecule is CCCOC(=O)NC(Cc1ccccc1)(c1cc(F)cc(C(F)(F)F)c1)c1ccc(Cl)cn1. The third kappa shape index (κ3) is 6.01. The molecule has 1 aromatic heterocycles. The Bertz CT molecular complexity index is 1090. The van der Waals surface area contributed by atoms with Crippen LogP contribution < -0.4 is 5.32 Å². The molecular weight excluding hydrogens is 460 g/mol. The molecule has 2 aromatic carbocycles. The van der Waals surface area contributed by atoms with Gasteiger partial charge in [-0.25, -0.2) is 9.18 Å². The molecule has 0 radical (unpaired) electrons. The number of halogens is 5. The number of aromatic nitrogens is 1. The smallest absolute Gasteiger partial charge is 0.416 e. The van der Waals surface area contributed by atoms with E-state index in [0.29, 0.717) is 18.1 Å². The Hall–Kier alpha value is -3.13. The number of hydrogen-bond acceptors (Lipinski definition) is 3. The van der Waals surface area contributed by atoms with Gasteiger partial charge in [0.05, 0.1) is 22.9 Å². The molecule has 1 unspecified atom stereocenters. The second-order valence-electron chi connectivity index (χ2n) is 7.42. The van der Waals surface area contributed by atoms with E-state index in [1.54, 1.807) is 37.3 Å². The van der Waals surface area contributed by atoms with Crippen molar-refractivity contribution in [2.75, 3.05) is 6.61 Å². The summed E-state index contributed by atoms with van der Waals surface area (Å²) in [5.74, 6) is -1.10. The van der Waals surface area contributed by atoms with Gasteiger partial charge < -0.3 is 10.1 Å². The number of alkyl carbamates (subject to hydrolysis) is 1. The first-order valence-electron chi connectivity index (χ1n) is 10.1. The van der Waals surface area contributed by atoms with Crippen LogP contribution in [-0.2, 0) is 22.9 Å². The normalized spacial score (nSPS) is 13.3. The van der Waals surface area contributed by atoms with Gasteiger partial charge in [-0.15, -0.1) is 0 Å². The predicted octanol–water partition coefficient (Wildman–Crippen LogP) is 6.52. The molecule has 1 N–H and O–H groups in total. The Balaban J connectivity index is 2.27. The molecule has 0 spiro atoms. The standard InChI is InChI=1S/C24H21ClF4N2O2/c1-2-10-33-22(32)31-23(14-16-6-4-3-5-7-16,21-9-8-19(25)15-30-21)17-11-18(24(27,28)29)13-20(26)12-17/h3-9,11-13,15H,2,10,14H2,1H3,(H,31,32). The molecule has 0 aliphatic carbocycles. The van der Waals surface area contributed by atoms with Crippen LogP contribution in [0, 0.1) is 5.82 Å². The number of amides is 1. The minimum Gasteiger partial charge on any atom is -0.450 e. The van der Waals surface area contributed by atoms with E-state index >= 15 is 0 Å². The van der Waals surface area contributed by atoms with E-state index in [1.807, 2.05) is 0 Å². The molecule has 0 bridgehead atoms. The maximum absolute atomic E-state index is 14.5. The van der Waals surface area contributed by atoms with Crippen molar-refractivity contribution in [3.05, 3.63) is 100 Å². The Kier molecular flexibility index (Phi) is 7.58. The number of pyridine rings is 1. The molecule has 1 amide bonds. The number of benzene rings is 2. The van der Waals surface area contributed by atoms with Crippen molar-refractivity contribution in [3.63, 3.8) is 0 Å². The highest BCUT2D eigenvalue weighted by Crippen LogP contribution is 2.38. The van der Waals surface area contributed by atoms with Crippen molar-refractivity contribution < 1.29 is 27.1 Å². The summed E-state index contributed by atoms with van der Waals surface area (Å²) >= 11 is 5.97. The summed E-state index contributed by atoms with van der Waals surface area (Å²) < 4.78 is 60.2. The highest BCUT2D eigenvalue weighted by molar-refractivity contribution is 6.30. The molecule has 1 atom stereocenters. The molecule has 0 aliphatic heterocycles. The molecule has 1 heterocycles. The lowest BCUT2D eigenvalue weighted by Gasteiger charge is -2.35. The van der Waals surface area contributed by atoms with Gasteiger partial charge in [0.15, 0.2) is 0 Å². The fourth-order valence-electron chi connectivity index (χ4n) is 3.46. The highest BCUT2D eigenvalue weighted by atomic mass is 35.5. The zero-order valence-electron chi connectivity index (χ0n) is 17.6. The largest absolute Gasteiger partial charge is 0.450 e. The number of carbonyl (C=O) groups excluding carboxylic acids is 1. The van der Waals surface area contributed by atoms with Gasteiger partial charge in [0.1, 0.15) is 11.4 Å². The monoisotopic (exact) mass is 480 g/mol. The minimum atomic E-state index is -4.80. The van der Waals surface area contributed by atoms with Gasteiger partial charge in [-0.1, -0.05) is 48.9 Å². The van der Waals surface area contributed by atoms with Gasteiger partial charge in [-0.3, -0.25) is 4.98 Å². The molecule has 0 aliphatic rings. The van der Waals surface area contributed by atoms with Crippen LogP contribution in [0.25, 0.3) is 0 Å². The van der Waals surface area contributed by atoms with E-state index in [-0.39, 0.29) is 29.3 Å². The maximum Gasteiger partial charge on any atom is 0.416 e. The molecule has 3 rings (SSSR count). The zero-order chi connectivity index (χ0) is 24.1. The first kappa shape index (κ1) is 24.5. The summed E-state index contributed by atoms with van der Waals surface area (Å²) in [6.07, 6.45) is -3.85. The number of hydrogen-bond donors (Lipinski definition) is 1. The van der Waals surface area contributed by atoms with E-state index < -0.39 is 29.2 Å². The molecule has 0 saturated carbocycles. The molecular formula is C24H21ClF4N2O2. The highest BCUT2D eigenvalue weighted by Gasteiger charge is 2.41. The van der Waals surface area contributed by atoms with E-state index in [9.17, 15) is 22.4 Å². The van der Waals surface area contributed by atoms with Gasteiger partial charge in [-0.2, -0.15) is 13.2 Å². The van der Waals surface area contributed by atoms with Crippen molar-refractivity contribution in [1.29, 1.82) is 0 Å². The molecule has 33 heavy (non-hydrogen) atoms. The van der Waals surface area contributed by atoms with Gasteiger partial charge >= 0.3 is 12.3 Å². The van der Waals surface area contributed by atoms with Gasteiger partial charge in [-0.05, 0) is 47.9 Å². The van der Waals surface area contributed by atoms with Crippen molar-refractivity contribution in [2.24, 2.45) is 0 Å². The number of nitrogens with zero attached hydrogens (tertiary/aromatic N) is 1. The lowest BCUT2D eigenvalue weighted by atomic mass is 9.80. The van der Waals surface area contributed by atoms with E-state index in [2.05, 4.69) is 10.3 Å². The van der Waals surface area contributed by atoms with Crippen LogP contribution in [0.3, 0.4) is 0 Å². The summed E-state index contributed by atoms with van der Waals surface area (Å²) in [5.41, 5.74) is -2.17. The molecule has 0 saturated heterocycles. The first-order valence-corrected chi connectivity index (χ1v) is 10.5. The number of rotatable bonds is 7. The Morgan fingerprint density at radius 2 is 1.76 bits per heavy atom. The lowest BCUT2D eigenvalue weighted by molar-refractivity contribution is -0.137. The number of ether oxygens (including phenoxy) is 1. The Labute approximate surface area is 193 Å². The van der Waals surface area contributed by atoms with Crippen molar-refractivity contribution >= 4 is 17.7 Å². The summed E-state index contributed by atoms with van der Waals surface area (Å²) in [6.45, 7) is 1.89. The Morgan fingerprint density at radius 1 is 1.06 bits per heavy atom.